The molecular weight excluding hydrogens is 378 g/mol. The van der Waals surface area contributed by atoms with Crippen LogP contribution in [0.3, 0.4) is 0 Å². The van der Waals surface area contributed by atoms with Crippen LogP contribution in [-0.4, -0.2) is 23.4 Å². The molecule has 7 nitrogen and oxygen atoms in total. The summed E-state index contributed by atoms with van der Waals surface area (Å²) in [4.78, 5) is 17.7. The van der Waals surface area contributed by atoms with E-state index in [9.17, 15) is 0 Å². The second kappa shape index (κ2) is 10.9. The van der Waals surface area contributed by atoms with E-state index in [0.717, 1.165) is 16.8 Å². The molecule has 0 spiro atoms. The summed E-state index contributed by atoms with van der Waals surface area (Å²) in [6.07, 6.45) is 2.09. The van der Waals surface area contributed by atoms with E-state index >= 15 is 0 Å². The number of carbonyl (C=O) groups excluding carboxylic acids is 1. The lowest BCUT2D eigenvalue weighted by atomic mass is 10.1. The Hall–Kier alpha value is -3.16. The van der Waals surface area contributed by atoms with Gasteiger partial charge in [0.25, 0.3) is 0 Å². The summed E-state index contributed by atoms with van der Waals surface area (Å²) in [6.45, 7) is 2.51. The minimum absolute atomic E-state index is 0.403. The monoisotopic (exact) mass is 399 g/mol. The summed E-state index contributed by atoms with van der Waals surface area (Å²) in [5.74, 6) is 5.53. The number of halogens is 1. The van der Waals surface area contributed by atoms with Crippen LogP contribution in [-0.2, 0) is 11.4 Å². The number of rotatable bonds is 6. The summed E-state index contributed by atoms with van der Waals surface area (Å²) < 4.78 is 5.88. The van der Waals surface area contributed by atoms with Crippen LogP contribution in [0.25, 0.3) is 11.4 Å². The molecule has 4 N–H and O–H groups in total. The maximum Gasteiger partial charge on any atom is 0.221 e. The normalized spacial score (nSPS) is 9.71. The fourth-order valence-electron chi connectivity index (χ4n) is 2.46. The maximum atomic E-state index is 8.94. The molecule has 0 aliphatic carbocycles. The van der Waals surface area contributed by atoms with Crippen LogP contribution in [0.1, 0.15) is 11.1 Å². The van der Waals surface area contributed by atoms with Crippen molar-refractivity contribution in [3.8, 4) is 17.3 Å². The highest BCUT2D eigenvalue weighted by Crippen LogP contribution is 2.23. The van der Waals surface area contributed by atoms with Crippen LogP contribution < -0.4 is 21.3 Å². The van der Waals surface area contributed by atoms with Gasteiger partial charge >= 0.3 is 0 Å². The van der Waals surface area contributed by atoms with Crippen LogP contribution in [0.5, 0.6) is 5.88 Å². The molecule has 3 aromatic rings. The van der Waals surface area contributed by atoms with Crippen LogP contribution in [0, 0.1) is 6.92 Å². The molecule has 2 aromatic carbocycles. The number of hydrogen-bond donors (Lipinski definition) is 3. The molecule has 146 valence electrons. The number of nitrogens with two attached hydrogens (primary N) is 1. The van der Waals surface area contributed by atoms with E-state index in [1.54, 1.807) is 17.7 Å². The van der Waals surface area contributed by atoms with Gasteiger partial charge in [0.2, 0.25) is 12.3 Å². The standard InChI is InChI=1S/C19H18ClN3O.CH4N2O/c1-13-5-3-8-17(21-2)16(13)12-24-18-9-10-22-19(23-18)14-6-4-7-15(20)11-14;2-3-1-4/h3-11,21H,12H2,1-2H3;1H,2H2,(H,3,4). The number of hydrogen-bond acceptors (Lipinski definition) is 6. The van der Waals surface area contributed by atoms with Crippen LogP contribution in [0.2, 0.25) is 5.02 Å². The Morgan fingerprint density at radius 1 is 1.21 bits per heavy atom. The van der Waals surface area contributed by atoms with Crippen LogP contribution >= 0.6 is 11.6 Å². The largest absolute Gasteiger partial charge is 0.473 e. The second-order valence-corrected chi connectivity index (χ2v) is 6.09. The van der Waals surface area contributed by atoms with Crippen molar-refractivity contribution in [1.82, 2.24) is 15.4 Å². The Bertz CT molecular complexity index is 921. The molecule has 28 heavy (non-hydrogen) atoms. The highest BCUT2D eigenvalue weighted by atomic mass is 35.5. The van der Waals surface area contributed by atoms with Crippen molar-refractivity contribution in [3.63, 3.8) is 0 Å². The predicted molar refractivity (Wildman–Crippen MR) is 111 cm³/mol. The van der Waals surface area contributed by atoms with Gasteiger partial charge in [-0.2, -0.15) is 4.98 Å². The van der Waals surface area contributed by atoms with Crippen molar-refractivity contribution in [2.45, 2.75) is 13.5 Å². The first-order valence-corrected chi connectivity index (χ1v) is 8.84. The average molecular weight is 400 g/mol. The molecule has 0 unspecified atom stereocenters. The lowest BCUT2D eigenvalue weighted by molar-refractivity contribution is -0.109. The highest BCUT2D eigenvalue weighted by Gasteiger charge is 2.08. The lowest BCUT2D eigenvalue weighted by Crippen LogP contribution is -2.18. The van der Waals surface area contributed by atoms with E-state index in [-0.39, 0.29) is 0 Å². The second-order valence-electron chi connectivity index (χ2n) is 5.65. The fraction of sp³-hybridized carbons (Fsp3) is 0.150. The molecule has 0 bridgehead atoms. The van der Waals surface area contributed by atoms with Crippen molar-refractivity contribution in [2.24, 2.45) is 5.84 Å². The third-order valence-corrected chi connectivity index (χ3v) is 4.06. The number of nitrogens with zero attached hydrogens (tertiary/aromatic N) is 2. The van der Waals surface area contributed by atoms with Gasteiger partial charge in [-0.3, -0.25) is 10.2 Å². The Morgan fingerprint density at radius 2 is 1.96 bits per heavy atom. The van der Waals surface area contributed by atoms with E-state index in [0.29, 0.717) is 29.7 Å². The molecule has 0 atom stereocenters. The molecule has 0 saturated heterocycles. The van der Waals surface area contributed by atoms with Gasteiger partial charge in [-0.15, -0.1) is 0 Å². The van der Waals surface area contributed by atoms with Crippen molar-refractivity contribution < 1.29 is 9.53 Å². The number of hydrazine groups is 1. The molecule has 0 radical (unpaired) electrons. The Kier molecular flexibility index (Phi) is 8.20. The lowest BCUT2D eigenvalue weighted by Gasteiger charge is -2.13. The van der Waals surface area contributed by atoms with Crippen molar-refractivity contribution in [3.05, 3.63) is 70.9 Å². The minimum atomic E-state index is 0.403. The van der Waals surface area contributed by atoms with E-state index in [1.807, 2.05) is 43.4 Å². The first kappa shape index (κ1) is 21.1. The molecule has 1 aromatic heterocycles. The third-order valence-electron chi connectivity index (χ3n) is 3.82. The van der Waals surface area contributed by atoms with Gasteiger partial charge in [-0.25, -0.2) is 10.8 Å². The smallest absolute Gasteiger partial charge is 0.221 e. The van der Waals surface area contributed by atoms with E-state index in [1.165, 1.54) is 5.56 Å². The average Bonchev–Trinajstić information content (AvgIpc) is 2.73. The molecular formula is C20H22ClN5O2. The Balaban J connectivity index is 0.000000640. The fourth-order valence-corrected chi connectivity index (χ4v) is 2.65. The van der Waals surface area contributed by atoms with E-state index < -0.39 is 0 Å². The topological polar surface area (TPSA) is 102 Å². The number of ether oxygens (including phenoxy) is 1. The SMILES string of the molecule is CNc1cccc(C)c1COc1ccnc(-c2cccc(Cl)c2)n1.NNC=O. The van der Waals surface area contributed by atoms with E-state index in [4.69, 9.17) is 21.1 Å². The van der Waals surface area contributed by atoms with Gasteiger partial charge in [0, 0.05) is 41.1 Å². The zero-order valence-corrected chi connectivity index (χ0v) is 16.4. The quantitative estimate of drug-likeness (QED) is 0.254. The number of anilines is 1. The highest BCUT2D eigenvalue weighted by molar-refractivity contribution is 6.30. The number of nitrogens with one attached hydrogen (secondary N) is 2. The zero-order valence-electron chi connectivity index (χ0n) is 15.6. The Labute approximate surface area is 168 Å². The number of amides is 1. The summed E-state index contributed by atoms with van der Waals surface area (Å²) in [5, 5.41) is 3.84. The summed E-state index contributed by atoms with van der Waals surface area (Å²) >= 11 is 6.03. The summed E-state index contributed by atoms with van der Waals surface area (Å²) in [6, 6.07) is 15.3. The summed E-state index contributed by atoms with van der Waals surface area (Å²) in [5.41, 5.74) is 5.95. The number of benzene rings is 2. The molecule has 1 heterocycles. The number of aromatic nitrogens is 2. The predicted octanol–water partition coefficient (Wildman–Crippen LogP) is 3.33. The molecule has 0 saturated carbocycles. The van der Waals surface area contributed by atoms with Crippen molar-refractivity contribution in [2.75, 3.05) is 12.4 Å². The van der Waals surface area contributed by atoms with E-state index in [2.05, 4.69) is 34.1 Å². The van der Waals surface area contributed by atoms with Gasteiger partial charge < -0.3 is 10.1 Å². The molecule has 1 amide bonds. The van der Waals surface area contributed by atoms with Gasteiger partial charge in [-0.1, -0.05) is 35.9 Å². The first-order chi connectivity index (χ1) is 13.6. The van der Waals surface area contributed by atoms with Crippen molar-refractivity contribution >= 4 is 23.7 Å². The maximum absolute atomic E-state index is 8.94. The number of carbonyl (C=O) groups is 1. The first-order valence-electron chi connectivity index (χ1n) is 8.46. The zero-order chi connectivity index (χ0) is 20.4. The number of aryl methyl sites for hydroxylation is 1. The third kappa shape index (κ3) is 5.94. The van der Waals surface area contributed by atoms with Gasteiger partial charge in [0.15, 0.2) is 5.82 Å². The van der Waals surface area contributed by atoms with Gasteiger partial charge in [0.05, 0.1) is 0 Å². The molecule has 0 fully saturated rings. The Morgan fingerprint density at radius 3 is 2.64 bits per heavy atom. The van der Waals surface area contributed by atoms with Gasteiger partial charge in [0.1, 0.15) is 6.61 Å². The van der Waals surface area contributed by atoms with Crippen LogP contribution in [0.15, 0.2) is 54.7 Å². The molecule has 0 aliphatic rings. The van der Waals surface area contributed by atoms with Gasteiger partial charge in [-0.05, 0) is 30.7 Å². The summed E-state index contributed by atoms with van der Waals surface area (Å²) in [7, 11) is 1.90. The molecule has 3 rings (SSSR count). The van der Waals surface area contributed by atoms with Crippen LogP contribution in [0.4, 0.5) is 5.69 Å². The van der Waals surface area contributed by atoms with Crippen molar-refractivity contribution in [1.29, 1.82) is 0 Å². The molecule has 8 heteroatoms. The minimum Gasteiger partial charge on any atom is -0.473 e. The molecule has 0 aliphatic heterocycles.